The Bertz CT molecular complexity index is 937. The van der Waals surface area contributed by atoms with E-state index in [1.165, 1.54) is 11.1 Å². The highest BCUT2D eigenvalue weighted by atomic mass is 16.5. The maximum absolute atomic E-state index is 13.0. The average molecular weight is 436 g/mol. The molecule has 1 saturated heterocycles. The number of hydrogen-bond acceptors (Lipinski definition) is 5. The summed E-state index contributed by atoms with van der Waals surface area (Å²) in [6.45, 7) is 6.69. The minimum Gasteiger partial charge on any atom is -0.493 e. The maximum atomic E-state index is 13.0. The van der Waals surface area contributed by atoms with Gasteiger partial charge in [-0.2, -0.15) is 0 Å². The van der Waals surface area contributed by atoms with Gasteiger partial charge in [0.25, 0.3) is 0 Å². The first-order chi connectivity index (χ1) is 15.7. The lowest BCUT2D eigenvalue weighted by atomic mass is 9.98. The number of piperazine rings is 1. The second-order valence-corrected chi connectivity index (χ2v) is 8.43. The van der Waals surface area contributed by atoms with E-state index < -0.39 is 0 Å². The van der Waals surface area contributed by atoms with E-state index in [1.807, 2.05) is 23.1 Å². The van der Waals surface area contributed by atoms with Crippen LogP contribution in [0.5, 0.6) is 11.5 Å². The normalized spacial score (nSPS) is 17.4. The zero-order valence-corrected chi connectivity index (χ0v) is 19.1. The van der Waals surface area contributed by atoms with E-state index in [0.717, 1.165) is 62.8 Å². The van der Waals surface area contributed by atoms with Gasteiger partial charge in [-0.25, -0.2) is 0 Å². The van der Waals surface area contributed by atoms with Crippen LogP contribution in [0.3, 0.4) is 0 Å². The lowest BCUT2D eigenvalue weighted by molar-refractivity contribution is -0.133. The monoisotopic (exact) mass is 435 g/mol. The Hall–Kier alpha value is -2.83. The fourth-order valence-electron chi connectivity index (χ4n) is 4.42. The third-order valence-electron chi connectivity index (χ3n) is 6.37. The van der Waals surface area contributed by atoms with Crippen molar-refractivity contribution in [2.45, 2.75) is 13.0 Å². The predicted octanol–water partition coefficient (Wildman–Crippen LogP) is 2.92. The number of nitrogens with zero attached hydrogens (tertiary/aromatic N) is 3. The molecule has 2 aromatic carbocycles. The number of methoxy groups -OCH3 is 2. The summed E-state index contributed by atoms with van der Waals surface area (Å²) in [6.07, 6.45) is 5.25. The van der Waals surface area contributed by atoms with Crippen molar-refractivity contribution in [2.75, 3.05) is 60.0 Å². The van der Waals surface area contributed by atoms with Crippen molar-refractivity contribution in [3.05, 3.63) is 65.2 Å². The molecule has 1 fully saturated rings. The summed E-state index contributed by atoms with van der Waals surface area (Å²) < 4.78 is 10.8. The van der Waals surface area contributed by atoms with Gasteiger partial charge in [0.15, 0.2) is 11.5 Å². The highest BCUT2D eigenvalue weighted by Gasteiger charge is 2.25. The van der Waals surface area contributed by atoms with E-state index in [0.29, 0.717) is 13.1 Å². The second-order valence-electron chi connectivity index (χ2n) is 8.43. The molecular formula is C26H33N3O3. The number of hydrogen-bond donors (Lipinski definition) is 0. The van der Waals surface area contributed by atoms with Crippen molar-refractivity contribution < 1.29 is 14.3 Å². The topological polar surface area (TPSA) is 45.3 Å². The van der Waals surface area contributed by atoms with Gasteiger partial charge in [-0.3, -0.25) is 14.6 Å². The van der Waals surface area contributed by atoms with Crippen LogP contribution in [0.4, 0.5) is 0 Å². The summed E-state index contributed by atoms with van der Waals surface area (Å²) in [5.41, 5.74) is 3.62. The molecule has 0 aliphatic carbocycles. The molecule has 1 amide bonds. The highest BCUT2D eigenvalue weighted by molar-refractivity contribution is 5.78. The van der Waals surface area contributed by atoms with Crippen LogP contribution in [0.1, 0.15) is 16.7 Å². The van der Waals surface area contributed by atoms with Crippen LogP contribution in [-0.2, 0) is 17.8 Å². The van der Waals surface area contributed by atoms with Gasteiger partial charge >= 0.3 is 0 Å². The van der Waals surface area contributed by atoms with Gasteiger partial charge in [-0.05, 0) is 35.2 Å². The minimum atomic E-state index is 0.211. The lowest BCUT2D eigenvalue weighted by Crippen LogP contribution is -2.50. The Kier molecular flexibility index (Phi) is 7.45. The summed E-state index contributed by atoms with van der Waals surface area (Å²) in [5, 5.41) is 0. The second kappa shape index (κ2) is 10.7. The number of carbonyl (C=O) groups is 1. The van der Waals surface area contributed by atoms with E-state index in [4.69, 9.17) is 9.47 Å². The van der Waals surface area contributed by atoms with E-state index in [-0.39, 0.29) is 5.91 Å². The van der Waals surface area contributed by atoms with Crippen molar-refractivity contribution in [2.24, 2.45) is 0 Å². The first-order valence-corrected chi connectivity index (χ1v) is 11.3. The Balaban J connectivity index is 1.24. The van der Waals surface area contributed by atoms with Crippen molar-refractivity contribution >= 4 is 12.0 Å². The van der Waals surface area contributed by atoms with Gasteiger partial charge in [-0.15, -0.1) is 0 Å². The number of benzene rings is 2. The fraction of sp³-hybridized carbons (Fsp3) is 0.423. The van der Waals surface area contributed by atoms with Gasteiger partial charge in [0.2, 0.25) is 5.91 Å². The first-order valence-electron chi connectivity index (χ1n) is 11.3. The molecule has 0 spiro atoms. The molecule has 2 aliphatic rings. The first kappa shape index (κ1) is 22.4. The number of amides is 1. The van der Waals surface area contributed by atoms with Crippen LogP contribution < -0.4 is 9.47 Å². The third-order valence-corrected chi connectivity index (χ3v) is 6.37. The standard InChI is InChI=1S/C26H33N3O3/c1-31-24-17-22-10-12-29(19-23(22)18-25(24)32-2)26(30)20-28-15-13-27(14-16-28)11-6-9-21-7-4-3-5-8-21/h3-9,17-18H,10-16,19-20H2,1-2H3. The number of carbonyl (C=O) groups excluding carboxylic acids is 1. The summed E-state index contributed by atoms with van der Waals surface area (Å²) in [4.78, 5) is 19.7. The van der Waals surface area contributed by atoms with Crippen LogP contribution in [0.2, 0.25) is 0 Å². The molecular weight excluding hydrogens is 402 g/mol. The van der Waals surface area contributed by atoms with Crippen molar-refractivity contribution in [1.82, 2.24) is 14.7 Å². The molecule has 2 aromatic rings. The lowest BCUT2D eigenvalue weighted by Gasteiger charge is -2.36. The highest BCUT2D eigenvalue weighted by Crippen LogP contribution is 2.33. The Morgan fingerprint density at radius 2 is 1.56 bits per heavy atom. The van der Waals surface area contributed by atoms with Crippen LogP contribution in [0, 0.1) is 0 Å². The van der Waals surface area contributed by atoms with Gasteiger partial charge in [0.05, 0.1) is 20.8 Å². The largest absolute Gasteiger partial charge is 0.493 e. The summed E-state index contributed by atoms with van der Waals surface area (Å²) in [5.74, 6) is 1.68. The smallest absolute Gasteiger partial charge is 0.237 e. The van der Waals surface area contributed by atoms with E-state index in [2.05, 4.69) is 46.2 Å². The SMILES string of the molecule is COc1cc2c(cc1OC)CN(C(=O)CN1CCN(CC=Cc3ccccc3)CC1)CC2. The van der Waals surface area contributed by atoms with Crippen LogP contribution in [0.25, 0.3) is 6.08 Å². The van der Waals surface area contributed by atoms with Crippen LogP contribution in [-0.4, -0.2) is 80.6 Å². The molecule has 0 N–H and O–H groups in total. The maximum Gasteiger partial charge on any atom is 0.237 e. The van der Waals surface area contributed by atoms with E-state index in [9.17, 15) is 4.79 Å². The number of ether oxygens (including phenoxy) is 2. The van der Waals surface area contributed by atoms with Crippen molar-refractivity contribution in [1.29, 1.82) is 0 Å². The van der Waals surface area contributed by atoms with Gasteiger partial charge in [-0.1, -0.05) is 42.5 Å². The van der Waals surface area contributed by atoms with Gasteiger partial charge in [0.1, 0.15) is 0 Å². The minimum absolute atomic E-state index is 0.211. The quantitative estimate of drug-likeness (QED) is 0.669. The Morgan fingerprint density at radius 1 is 0.906 bits per heavy atom. The summed E-state index contributed by atoms with van der Waals surface area (Å²) in [7, 11) is 3.30. The van der Waals surface area contributed by atoms with E-state index in [1.54, 1.807) is 14.2 Å². The molecule has 6 heteroatoms. The van der Waals surface area contributed by atoms with Gasteiger partial charge < -0.3 is 14.4 Å². The fourth-order valence-corrected chi connectivity index (χ4v) is 4.42. The van der Waals surface area contributed by atoms with Crippen molar-refractivity contribution in [3.8, 4) is 11.5 Å². The van der Waals surface area contributed by atoms with Crippen molar-refractivity contribution in [3.63, 3.8) is 0 Å². The molecule has 0 bridgehead atoms. The van der Waals surface area contributed by atoms with Gasteiger partial charge in [0, 0.05) is 45.8 Å². The number of fused-ring (bicyclic) bond motifs is 1. The molecule has 4 rings (SSSR count). The molecule has 6 nitrogen and oxygen atoms in total. The number of rotatable bonds is 7. The molecule has 32 heavy (non-hydrogen) atoms. The summed E-state index contributed by atoms with van der Waals surface area (Å²) >= 11 is 0. The zero-order chi connectivity index (χ0) is 22.3. The molecule has 2 heterocycles. The third kappa shape index (κ3) is 5.50. The van der Waals surface area contributed by atoms with Crippen LogP contribution in [0.15, 0.2) is 48.5 Å². The summed E-state index contributed by atoms with van der Waals surface area (Å²) in [6, 6.07) is 14.4. The molecule has 0 atom stereocenters. The molecule has 0 saturated carbocycles. The zero-order valence-electron chi connectivity index (χ0n) is 19.1. The van der Waals surface area contributed by atoms with Crippen LogP contribution >= 0.6 is 0 Å². The average Bonchev–Trinajstić information content (AvgIpc) is 2.84. The predicted molar refractivity (Wildman–Crippen MR) is 127 cm³/mol. The van der Waals surface area contributed by atoms with E-state index >= 15 is 0 Å². The molecule has 2 aliphatic heterocycles. The Morgan fingerprint density at radius 3 is 2.25 bits per heavy atom. The molecule has 0 radical (unpaired) electrons. The molecule has 0 aromatic heterocycles. The Labute approximate surface area is 191 Å². The molecule has 0 unspecified atom stereocenters. The molecule has 170 valence electrons.